The summed E-state index contributed by atoms with van der Waals surface area (Å²) in [6.07, 6.45) is 5.58. The van der Waals surface area contributed by atoms with Gasteiger partial charge >= 0.3 is 5.97 Å². The molecule has 4 heterocycles. The van der Waals surface area contributed by atoms with Gasteiger partial charge in [-0.25, -0.2) is 9.97 Å². The maximum absolute atomic E-state index is 13.2. The van der Waals surface area contributed by atoms with E-state index in [0.29, 0.717) is 70.7 Å². The van der Waals surface area contributed by atoms with Crippen LogP contribution < -0.4 is 26.2 Å². The van der Waals surface area contributed by atoms with Crippen molar-refractivity contribution in [3.63, 3.8) is 0 Å². The van der Waals surface area contributed by atoms with Gasteiger partial charge in [0.25, 0.3) is 5.56 Å². The molecule has 4 N–H and O–H groups in total. The fourth-order valence-electron chi connectivity index (χ4n) is 6.30. The van der Waals surface area contributed by atoms with Gasteiger partial charge in [0.05, 0.1) is 28.4 Å². The molecule has 3 aromatic heterocycles. The highest BCUT2D eigenvalue weighted by atomic mass is 35.5. The van der Waals surface area contributed by atoms with E-state index in [1.807, 2.05) is 48.5 Å². The first kappa shape index (κ1) is 33.7. The van der Waals surface area contributed by atoms with E-state index in [1.165, 1.54) is 10.6 Å². The average molecular weight is 714 g/mol. The lowest BCUT2D eigenvalue weighted by molar-refractivity contribution is -0.140. The Morgan fingerprint density at radius 1 is 1.00 bits per heavy atom. The van der Waals surface area contributed by atoms with Crippen molar-refractivity contribution in [2.75, 3.05) is 13.7 Å². The van der Waals surface area contributed by atoms with Crippen LogP contribution in [-0.2, 0) is 22.7 Å². The molecule has 256 valence electrons. The van der Waals surface area contributed by atoms with Gasteiger partial charge in [0, 0.05) is 72.3 Å². The minimum absolute atomic E-state index is 0.0861. The van der Waals surface area contributed by atoms with E-state index >= 15 is 0 Å². The van der Waals surface area contributed by atoms with Gasteiger partial charge in [-0.3, -0.25) is 24.1 Å². The summed E-state index contributed by atoms with van der Waals surface area (Å²) in [5, 5.41) is 19.7. The quantitative estimate of drug-likeness (QED) is 0.132. The molecule has 2 fully saturated rings. The van der Waals surface area contributed by atoms with Crippen molar-refractivity contribution in [1.29, 1.82) is 0 Å². The van der Waals surface area contributed by atoms with Crippen LogP contribution in [0.1, 0.15) is 36.8 Å². The molecule has 11 nitrogen and oxygen atoms in total. The summed E-state index contributed by atoms with van der Waals surface area (Å²) in [6, 6.07) is 19.0. The van der Waals surface area contributed by atoms with Gasteiger partial charge in [-0.1, -0.05) is 65.7 Å². The number of methoxy groups -OCH3 is 1. The Morgan fingerprint density at radius 3 is 2.40 bits per heavy atom. The number of nitrogens with one attached hydrogen (secondary N) is 3. The predicted molar refractivity (Wildman–Crippen MR) is 191 cm³/mol. The molecule has 1 amide bonds. The van der Waals surface area contributed by atoms with E-state index in [4.69, 9.17) is 32.9 Å². The first-order valence-corrected chi connectivity index (χ1v) is 17.0. The normalized spacial score (nSPS) is 16.4. The molecular formula is C37H34Cl2N6O5. The molecule has 2 aliphatic rings. The van der Waals surface area contributed by atoms with Gasteiger partial charge in [-0.2, -0.15) is 0 Å². The van der Waals surface area contributed by atoms with E-state index in [-0.39, 0.29) is 24.1 Å². The Bertz CT molecular complexity index is 2200. The molecule has 1 atom stereocenters. The number of rotatable bonds is 12. The average Bonchev–Trinajstić information content (AvgIpc) is 3.81. The van der Waals surface area contributed by atoms with Crippen LogP contribution in [0.2, 0.25) is 10.0 Å². The van der Waals surface area contributed by atoms with Gasteiger partial charge in [0.15, 0.2) is 0 Å². The van der Waals surface area contributed by atoms with Crippen LogP contribution in [0.3, 0.4) is 0 Å². The molecule has 1 saturated heterocycles. The van der Waals surface area contributed by atoms with Crippen LogP contribution >= 0.6 is 23.2 Å². The third-order valence-electron chi connectivity index (χ3n) is 9.36. The number of fused-ring (bicyclic) bond motifs is 1. The molecule has 1 saturated carbocycles. The second-order valence-electron chi connectivity index (χ2n) is 12.6. The monoisotopic (exact) mass is 712 g/mol. The van der Waals surface area contributed by atoms with Crippen LogP contribution in [0.4, 0.5) is 0 Å². The third kappa shape index (κ3) is 6.57. The molecule has 50 heavy (non-hydrogen) atoms. The lowest BCUT2D eigenvalue weighted by atomic mass is 9.97. The molecule has 0 bridgehead atoms. The summed E-state index contributed by atoms with van der Waals surface area (Å²) in [5.41, 5.74) is 4.77. The second-order valence-corrected chi connectivity index (χ2v) is 13.4. The number of aromatic nitrogens is 3. The number of carbonyl (C=O) groups excluding carboxylic acids is 1. The number of halogens is 2. The zero-order valence-corrected chi connectivity index (χ0v) is 28.6. The summed E-state index contributed by atoms with van der Waals surface area (Å²) in [7, 11) is 1.58. The van der Waals surface area contributed by atoms with E-state index in [1.54, 1.807) is 25.4 Å². The number of nitrogens with zero attached hydrogens (tertiary/aromatic N) is 3. The number of carboxylic acids is 1. The maximum Gasteiger partial charge on any atom is 0.323 e. The fraction of sp³-hybridized carbons (Fsp3) is 0.270. The first-order chi connectivity index (χ1) is 24.2. The van der Waals surface area contributed by atoms with Crippen LogP contribution in [0.25, 0.3) is 39.2 Å². The van der Waals surface area contributed by atoms with Crippen molar-refractivity contribution in [2.24, 2.45) is 0 Å². The highest BCUT2D eigenvalue weighted by Gasteiger charge is 2.49. The van der Waals surface area contributed by atoms with Crippen molar-refractivity contribution in [1.82, 2.24) is 30.3 Å². The second kappa shape index (κ2) is 13.8. The molecule has 1 aliphatic heterocycles. The molecule has 1 aliphatic carbocycles. The Kier molecular flexibility index (Phi) is 9.32. The number of amides is 1. The van der Waals surface area contributed by atoms with Gasteiger partial charge in [0.2, 0.25) is 11.8 Å². The summed E-state index contributed by atoms with van der Waals surface area (Å²) in [5.74, 6) is -0.346. The molecule has 2 aromatic carbocycles. The van der Waals surface area contributed by atoms with Crippen molar-refractivity contribution >= 4 is 40.7 Å². The van der Waals surface area contributed by atoms with Crippen LogP contribution in [0, 0.1) is 0 Å². The molecule has 13 heteroatoms. The smallest absolute Gasteiger partial charge is 0.323 e. The zero-order chi connectivity index (χ0) is 35.0. The standard InChI is InChI=1S/C37H34Cl2N6O5/c1-50-34-22(17-40-20-24-9-11-31(46)43-24)8-10-29(44-34)28-7-3-6-27(33(28)39)26-5-2-4-25(32(26)38)21-12-15-45-30(16-21)41-18-23(35(45)47)19-42-37(13-14-37)36(48)49/h2-8,10,12,15-16,18,24,40,42H,9,11,13-14,17,19-20H2,1H3,(H,43,46)(H,48,49). The van der Waals surface area contributed by atoms with Crippen LogP contribution in [0.15, 0.2) is 77.9 Å². The number of benzene rings is 2. The third-order valence-corrected chi connectivity index (χ3v) is 10.2. The summed E-state index contributed by atoms with van der Waals surface area (Å²) < 4.78 is 7.07. The molecule has 1 unspecified atom stereocenters. The van der Waals surface area contributed by atoms with Gasteiger partial charge in [-0.05, 0) is 43.0 Å². The number of carboxylic acid groups (broad SMARTS) is 1. The predicted octanol–water partition coefficient (Wildman–Crippen LogP) is 5.48. The summed E-state index contributed by atoms with van der Waals surface area (Å²) in [4.78, 5) is 45.5. The topological polar surface area (TPSA) is 147 Å². The van der Waals surface area contributed by atoms with E-state index in [2.05, 4.69) is 20.9 Å². The zero-order valence-electron chi connectivity index (χ0n) is 27.1. The summed E-state index contributed by atoms with van der Waals surface area (Å²) >= 11 is 14.1. The molecule has 5 aromatic rings. The van der Waals surface area contributed by atoms with Crippen LogP contribution in [0.5, 0.6) is 5.88 Å². The van der Waals surface area contributed by atoms with Crippen molar-refractivity contribution < 1.29 is 19.4 Å². The molecular weight excluding hydrogens is 679 g/mol. The number of pyridine rings is 2. The van der Waals surface area contributed by atoms with Crippen LogP contribution in [-0.4, -0.2) is 56.6 Å². The largest absolute Gasteiger partial charge is 0.481 e. The van der Waals surface area contributed by atoms with Gasteiger partial charge in [-0.15, -0.1) is 0 Å². The Labute approximate surface area is 297 Å². The highest BCUT2D eigenvalue weighted by Crippen LogP contribution is 2.42. The Hall–Kier alpha value is -4.81. The van der Waals surface area contributed by atoms with Crippen molar-refractivity contribution in [3.8, 4) is 39.4 Å². The van der Waals surface area contributed by atoms with Gasteiger partial charge in [0.1, 0.15) is 11.2 Å². The number of hydrogen-bond acceptors (Lipinski definition) is 8. The van der Waals surface area contributed by atoms with Gasteiger partial charge < -0.3 is 20.5 Å². The number of aliphatic carboxylic acids is 1. The van der Waals surface area contributed by atoms with Crippen molar-refractivity contribution in [3.05, 3.63) is 105 Å². The first-order valence-electron chi connectivity index (χ1n) is 16.3. The van der Waals surface area contributed by atoms with E-state index in [0.717, 1.165) is 34.2 Å². The minimum atomic E-state index is -0.955. The van der Waals surface area contributed by atoms with E-state index < -0.39 is 11.5 Å². The lowest BCUT2D eigenvalue weighted by Gasteiger charge is -2.16. The van der Waals surface area contributed by atoms with E-state index in [9.17, 15) is 19.5 Å². The number of ether oxygens (including phenoxy) is 1. The number of hydrogen-bond donors (Lipinski definition) is 4. The molecule has 7 rings (SSSR count). The fourth-order valence-corrected chi connectivity index (χ4v) is 6.96. The van der Waals surface area contributed by atoms with Crippen molar-refractivity contribution in [2.45, 2.75) is 50.4 Å². The lowest BCUT2D eigenvalue weighted by Crippen LogP contribution is -2.40. The molecule has 0 spiro atoms. The minimum Gasteiger partial charge on any atom is -0.481 e. The highest BCUT2D eigenvalue weighted by molar-refractivity contribution is 6.39. The Morgan fingerprint density at radius 2 is 1.72 bits per heavy atom. The summed E-state index contributed by atoms with van der Waals surface area (Å²) in [6.45, 7) is 1.31. The SMILES string of the molecule is COc1nc(-c2cccc(-c3cccc(-c4ccn5c(=O)c(CNC6(C(=O)O)CC6)cnc5c4)c3Cl)c2Cl)ccc1CNCC1CCC(=O)N1. The maximum atomic E-state index is 13.2. The Balaban J connectivity index is 1.13. The molecule has 0 radical (unpaired) electrons. The number of carbonyl (C=O) groups is 2.